The first-order valence-electron chi connectivity index (χ1n) is 9.20. The van der Waals surface area contributed by atoms with Crippen molar-refractivity contribution in [3.8, 4) is 0 Å². The molecule has 0 radical (unpaired) electrons. The van der Waals surface area contributed by atoms with Crippen LogP contribution >= 0.6 is 0 Å². The largest absolute Gasteiger partial charge is 0.381 e. The molecule has 4 heteroatoms. The van der Waals surface area contributed by atoms with Gasteiger partial charge in [0.05, 0.1) is 19.3 Å². The van der Waals surface area contributed by atoms with Gasteiger partial charge >= 0.3 is 6.03 Å². The van der Waals surface area contributed by atoms with Crippen molar-refractivity contribution in [2.24, 2.45) is 0 Å². The van der Waals surface area contributed by atoms with Crippen LogP contribution in [-0.2, 0) is 17.6 Å². The molecule has 1 aromatic carbocycles. The second-order valence-electron chi connectivity index (χ2n) is 6.73. The summed E-state index contributed by atoms with van der Waals surface area (Å²) in [6, 6.07) is 6.65. The number of hydrogen-bond donors (Lipinski definition) is 2. The number of urea groups is 1. The summed E-state index contributed by atoms with van der Waals surface area (Å²) in [5, 5.41) is 5.99. The zero-order valence-corrected chi connectivity index (χ0v) is 14.6. The predicted octanol–water partition coefficient (Wildman–Crippen LogP) is 4.01. The maximum absolute atomic E-state index is 12.2. The number of aryl methyl sites for hydroxylation is 2. The summed E-state index contributed by atoms with van der Waals surface area (Å²) in [5.41, 5.74) is 5.41. The van der Waals surface area contributed by atoms with Crippen LogP contribution in [-0.4, -0.2) is 19.2 Å². The standard InChI is InChI=1S/C20H28N2O2/c1-2-19(18-8-7-16-5-3-4-6-17(16)13-18)22-20(23)21-14-15-9-11-24-12-10-15/h7-8,13-14,19H,2-6,9-12H2,1H3,(H2,21,22,23). The number of amides is 2. The molecule has 1 fully saturated rings. The van der Waals surface area contributed by atoms with Crippen LogP contribution in [0.25, 0.3) is 0 Å². The van der Waals surface area contributed by atoms with Crippen LogP contribution in [0.5, 0.6) is 0 Å². The molecule has 1 unspecified atom stereocenters. The smallest absolute Gasteiger partial charge is 0.319 e. The quantitative estimate of drug-likeness (QED) is 0.877. The van der Waals surface area contributed by atoms with Crippen LogP contribution in [0.1, 0.15) is 61.8 Å². The van der Waals surface area contributed by atoms with Crippen molar-refractivity contribution in [2.45, 2.75) is 57.9 Å². The van der Waals surface area contributed by atoms with Gasteiger partial charge in [-0.2, -0.15) is 0 Å². The molecule has 2 aliphatic rings. The van der Waals surface area contributed by atoms with Crippen LogP contribution < -0.4 is 10.6 Å². The first-order chi connectivity index (χ1) is 11.8. The SMILES string of the molecule is CCC(NC(=O)NC=C1CCOCC1)c1ccc2c(c1)CCCC2. The monoisotopic (exact) mass is 328 g/mol. The number of carbonyl (C=O) groups excluding carboxylic acids is 1. The Morgan fingerprint density at radius 3 is 2.67 bits per heavy atom. The lowest BCUT2D eigenvalue weighted by Crippen LogP contribution is -2.35. The van der Waals surface area contributed by atoms with Gasteiger partial charge in [0, 0.05) is 6.20 Å². The van der Waals surface area contributed by atoms with Gasteiger partial charge in [0.25, 0.3) is 0 Å². The molecule has 0 aromatic heterocycles. The molecule has 130 valence electrons. The number of ether oxygens (including phenoxy) is 1. The van der Waals surface area contributed by atoms with Crippen molar-refractivity contribution >= 4 is 6.03 Å². The molecule has 1 aliphatic heterocycles. The van der Waals surface area contributed by atoms with Crippen LogP contribution in [0, 0.1) is 0 Å². The minimum Gasteiger partial charge on any atom is -0.381 e. The first kappa shape index (κ1) is 17.0. The van der Waals surface area contributed by atoms with E-state index in [-0.39, 0.29) is 12.1 Å². The average molecular weight is 328 g/mol. The average Bonchev–Trinajstić information content (AvgIpc) is 2.65. The molecule has 1 saturated heterocycles. The van der Waals surface area contributed by atoms with Gasteiger partial charge in [-0.15, -0.1) is 0 Å². The van der Waals surface area contributed by atoms with Crippen molar-refractivity contribution < 1.29 is 9.53 Å². The van der Waals surface area contributed by atoms with Crippen molar-refractivity contribution in [3.05, 3.63) is 46.7 Å². The van der Waals surface area contributed by atoms with E-state index in [0.29, 0.717) is 0 Å². The summed E-state index contributed by atoms with van der Waals surface area (Å²) in [7, 11) is 0. The Hall–Kier alpha value is -1.81. The van der Waals surface area contributed by atoms with Gasteiger partial charge in [-0.3, -0.25) is 0 Å². The zero-order valence-electron chi connectivity index (χ0n) is 14.6. The molecule has 1 atom stereocenters. The molecule has 1 heterocycles. The lowest BCUT2D eigenvalue weighted by atomic mass is 9.89. The lowest BCUT2D eigenvalue weighted by molar-refractivity contribution is 0.119. The van der Waals surface area contributed by atoms with Crippen molar-refractivity contribution in [2.75, 3.05) is 13.2 Å². The van der Waals surface area contributed by atoms with Crippen LogP contribution in [0.3, 0.4) is 0 Å². The van der Waals surface area contributed by atoms with Crippen molar-refractivity contribution in [3.63, 3.8) is 0 Å². The number of rotatable bonds is 4. The summed E-state index contributed by atoms with van der Waals surface area (Å²) in [4.78, 5) is 12.2. The highest BCUT2D eigenvalue weighted by Crippen LogP contribution is 2.26. The third-order valence-corrected chi connectivity index (χ3v) is 5.03. The van der Waals surface area contributed by atoms with Crippen LogP contribution in [0.15, 0.2) is 30.0 Å². The van der Waals surface area contributed by atoms with E-state index in [9.17, 15) is 4.79 Å². The minimum absolute atomic E-state index is 0.0605. The van der Waals surface area contributed by atoms with E-state index in [2.05, 4.69) is 35.8 Å². The normalized spacial score (nSPS) is 18.5. The van der Waals surface area contributed by atoms with Gasteiger partial charge in [-0.25, -0.2) is 4.79 Å². The Morgan fingerprint density at radius 2 is 1.92 bits per heavy atom. The molecule has 1 aliphatic carbocycles. The van der Waals surface area contributed by atoms with Gasteiger partial charge in [0.2, 0.25) is 0 Å². The molecule has 2 amide bonds. The fourth-order valence-electron chi connectivity index (χ4n) is 3.54. The van der Waals surface area contributed by atoms with Crippen molar-refractivity contribution in [1.82, 2.24) is 10.6 Å². The Kier molecular flexibility index (Phi) is 5.91. The predicted molar refractivity (Wildman–Crippen MR) is 95.9 cm³/mol. The Bertz CT molecular complexity index is 602. The fraction of sp³-hybridized carbons (Fsp3) is 0.550. The van der Waals surface area contributed by atoms with E-state index in [1.54, 1.807) is 0 Å². The molecule has 24 heavy (non-hydrogen) atoms. The summed E-state index contributed by atoms with van der Waals surface area (Å²) in [6.07, 6.45) is 9.47. The van der Waals surface area contributed by atoms with Crippen LogP contribution in [0.2, 0.25) is 0 Å². The summed E-state index contributed by atoms with van der Waals surface area (Å²) in [5.74, 6) is 0. The van der Waals surface area contributed by atoms with Gasteiger partial charge in [-0.05, 0) is 67.2 Å². The number of benzene rings is 1. The van der Waals surface area contributed by atoms with E-state index in [1.165, 1.54) is 47.9 Å². The number of hydrogen-bond acceptors (Lipinski definition) is 2. The van der Waals surface area contributed by atoms with E-state index in [0.717, 1.165) is 32.5 Å². The number of nitrogens with one attached hydrogen (secondary N) is 2. The fourth-order valence-corrected chi connectivity index (χ4v) is 3.54. The molecule has 3 rings (SSSR count). The van der Waals surface area contributed by atoms with E-state index in [4.69, 9.17) is 4.74 Å². The molecule has 0 bridgehead atoms. The summed E-state index contributed by atoms with van der Waals surface area (Å²) in [6.45, 7) is 3.62. The third kappa shape index (κ3) is 4.38. The van der Waals surface area contributed by atoms with Gasteiger partial charge in [-0.1, -0.05) is 25.1 Å². The lowest BCUT2D eigenvalue weighted by Gasteiger charge is -2.22. The first-order valence-corrected chi connectivity index (χ1v) is 9.20. The Balaban J connectivity index is 1.60. The highest BCUT2D eigenvalue weighted by atomic mass is 16.5. The third-order valence-electron chi connectivity index (χ3n) is 5.03. The maximum atomic E-state index is 12.2. The molecule has 0 spiro atoms. The molecule has 4 nitrogen and oxygen atoms in total. The molecular weight excluding hydrogens is 300 g/mol. The van der Waals surface area contributed by atoms with Gasteiger partial charge in [0.15, 0.2) is 0 Å². The van der Waals surface area contributed by atoms with E-state index < -0.39 is 0 Å². The second-order valence-corrected chi connectivity index (χ2v) is 6.73. The highest BCUT2D eigenvalue weighted by Gasteiger charge is 2.16. The second kappa shape index (κ2) is 8.34. The number of carbonyl (C=O) groups is 1. The molecular formula is C20H28N2O2. The highest BCUT2D eigenvalue weighted by molar-refractivity contribution is 5.75. The van der Waals surface area contributed by atoms with Gasteiger partial charge in [0.1, 0.15) is 0 Å². The Labute approximate surface area is 144 Å². The van der Waals surface area contributed by atoms with Gasteiger partial charge < -0.3 is 15.4 Å². The summed E-state index contributed by atoms with van der Waals surface area (Å²) < 4.78 is 5.32. The minimum atomic E-state index is -0.126. The molecule has 1 aromatic rings. The Morgan fingerprint density at radius 1 is 1.17 bits per heavy atom. The number of fused-ring (bicyclic) bond motifs is 1. The summed E-state index contributed by atoms with van der Waals surface area (Å²) >= 11 is 0. The van der Waals surface area contributed by atoms with Crippen molar-refractivity contribution in [1.29, 1.82) is 0 Å². The topological polar surface area (TPSA) is 50.4 Å². The molecule has 0 saturated carbocycles. The molecule has 2 N–H and O–H groups in total. The zero-order chi connectivity index (χ0) is 16.8. The van der Waals surface area contributed by atoms with Crippen LogP contribution in [0.4, 0.5) is 4.79 Å². The van der Waals surface area contributed by atoms with E-state index >= 15 is 0 Å². The maximum Gasteiger partial charge on any atom is 0.319 e. The van der Waals surface area contributed by atoms with E-state index in [1.807, 2.05) is 6.20 Å².